The number of hydrogen-bond donors (Lipinski definition) is 2. The number of pyridine rings is 1. The highest BCUT2D eigenvalue weighted by Gasteiger charge is 2.28. The van der Waals surface area contributed by atoms with Gasteiger partial charge in [0.15, 0.2) is 6.61 Å². The quantitative estimate of drug-likeness (QED) is 0.741. The van der Waals surface area contributed by atoms with Gasteiger partial charge in [-0.15, -0.1) is 0 Å². The number of nitrogens with zero attached hydrogens (tertiary/aromatic N) is 1. The third-order valence-corrected chi connectivity index (χ3v) is 5.11. The lowest BCUT2D eigenvalue weighted by molar-refractivity contribution is -0.154. The van der Waals surface area contributed by atoms with Crippen LogP contribution >= 0.6 is 0 Å². The van der Waals surface area contributed by atoms with Crippen LogP contribution in [0.2, 0.25) is 0 Å². The summed E-state index contributed by atoms with van der Waals surface area (Å²) in [6, 6.07) is 6.52. The maximum Gasteiger partial charge on any atom is 0.422 e. The van der Waals surface area contributed by atoms with Crippen LogP contribution in [0.5, 0.6) is 5.88 Å². The number of halogens is 3. The summed E-state index contributed by atoms with van der Waals surface area (Å²) in [6.07, 6.45) is -3.58. The van der Waals surface area contributed by atoms with Crippen molar-refractivity contribution in [1.29, 1.82) is 0 Å². The van der Waals surface area contributed by atoms with Crippen LogP contribution in [0.1, 0.15) is 0 Å². The third kappa shape index (κ3) is 5.57. The largest absolute Gasteiger partial charge is 0.468 e. The number of hydrogen-bond acceptors (Lipinski definition) is 6. The normalized spacial score (nSPS) is 12.6. The number of rotatable bonds is 6. The van der Waals surface area contributed by atoms with Crippen LogP contribution in [0.15, 0.2) is 52.4 Å². The molecule has 0 saturated heterocycles. The smallest absolute Gasteiger partial charge is 0.422 e. The molecule has 3 N–H and O–H groups in total. The fourth-order valence-electron chi connectivity index (χ4n) is 1.71. The Hall–Kier alpha value is -2.38. The number of aromatic nitrogens is 1. The Labute approximate surface area is 146 Å². The summed E-state index contributed by atoms with van der Waals surface area (Å²) in [5, 5.41) is 4.95. The van der Waals surface area contributed by atoms with Gasteiger partial charge in [0.2, 0.25) is 15.9 Å². The summed E-state index contributed by atoms with van der Waals surface area (Å²) in [5.41, 5.74) is -0.0645. The Kier molecular flexibility index (Phi) is 5.44. The molecule has 26 heavy (non-hydrogen) atoms. The number of nitrogens with one attached hydrogen (secondary N) is 1. The molecule has 2 rings (SSSR count). The van der Waals surface area contributed by atoms with E-state index in [9.17, 15) is 30.0 Å². The first-order valence-electron chi connectivity index (χ1n) is 6.68. The van der Waals surface area contributed by atoms with Crippen molar-refractivity contribution in [2.75, 3.05) is 11.3 Å². The summed E-state index contributed by atoms with van der Waals surface area (Å²) in [4.78, 5) is 2.78. The van der Waals surface area contributed by atoms with Crippen molar-refractivity contribution in [3.05, 3.63) is 42.6 Å². The fraction of sp³-hybridized carbons (Fsp3) is 0.154. The van der Waals surface area contributed by atoms with Crippen molar-refractivity contribution >= 4 is 25.7 Å². The van der Waals surface area contributed by atoms with Gasteiger partial charge in [-0.05, 0) is 24.3 Å². The molecule has 0 fully saturated rings. The topological polar surface area (TPSA) is 128 Å². The molecule has 13 heteroatoms. The van der Waals surface area contributed by atoms with Crippen LogP contribution < -0.4 is 14.6 Å². The van der Waals surface area contributed by atoms with Gasteiger partial charge in [0.1, 0.15) is 0 Å². The molecule has 0 saturated carbocycles. The van der Waals surface area contributed by atoms with Crippen LogP contribution in [-0.4, -0.2) is 34.6 Å². The first-order valence-corrected chi connectivity index (χ1v) is 9.71. The van der Waals surface area contributed by atoms with E-state index in [1.54, 1.807) is 0 Å². The van der Waals surface area contributed by atoms with E-state index >= 15 is 0 Å². The third-order valence-electron chi connectivity index (χ3n) is 2.82. The number of primary sulfonamides is 1. The van der Waals surface area contributed by atoms with Gasteiger partial charge in [0, 0.05) is 6.07 Å². The molecule has 0 aliphatic carbocycles. The van der Waals surface area contributed by atoms with Crippen molar-refractivity contribution in [3.63, 3.8) is 0 Å². The Morgan fingerprint density at radius 3 is 2.27 bits per heavy atom. The molecule has 1 heterocycles. The fourth-order valence-corrected chi connectivity index (χ4v) is 3.44. The zero-order valence-corrected chi connectivity index (χ0v) is 14.4. The second-order valence-corrected chi connectivity index (χ2v) is 8.16. The Morgan fingerprint density at radius 2 is 1.73 bits per heavy atom. The van der Waals surface area contributed by atoms with E-state index in [0.29, 0.717) is 0 Å². The minimum Gasteiger partial charge on any atom is -0.468 e. The predicted octanol–water partition coefficient (Wildman–Crippen LogP) is 1.47. The molecule has 2 aromatic rings. The van der Waals surface area contributed by atoms with Gasteiger partial charge >= 0.3 is 6.18 Å². The monoisotopic (exact) mass is 411 g/mol. The molecule has 8 nitrogen and oxygen atoms in total. The minimum absolute atomic E-state index is 0.0645. The average Bonchev–Trinajstić information content (AvgIpc) is 2.52. The number of anilines is 1. The summed E-state index contributed by atoms with van der Waals surface area (Å²) in [5.74, 6) is -0.346. The zero-order valence-electron chi connectivity index (χ0n) is 12.8. The van der Waals surface area contributed by atoms with Gasteiger partial charge in [-0.1, -0.05) is 6.07 Å². The molecule has 0 aliphatic heterocycles. The molecular formula is C13H12F3N3O5S2. The number of nitrogens with two attached hydrogens (primary N) is 1. The molecule has 0 bridgehead atoms. The molecule has 0 spiro atoms. The first-order chi connectivity index (χ1) is 11.9. The highest BCUT2D eigenvalue weighted by molar-refractivity contribution is 7.93. The van der Waals surface area contributed by atoms with E-state index in [-0.39, 0.29) is 16.5 Å². The minimum atomic E-state index is -4.53. The molecule has 0 radical (unpaired) electrons. The maximum atomic E-state index is 12.3. The molecule has 0 atom stereocenters. The lowest BCUT2D eigenvalue weighted by Crippen LogP contribution is -2.19. The molecule has 1 aromatic carbocycles. The van der Waals surface area contributed by atoms with Crippen molar-refractivity contribution in [3.8, 4) is 5.88 Å². The second kappa shape index (κ2) is 7.09. The SMILES string of the molecule is NS(=O)(=O)c1cccc(S(=O)(=O)Nc2ccc(OCC(F)(F)F)nc2)c1. The number of ether oxygens (including phenoxy) is 1. The van der Waals surface area contributed by atoms with Crippen molar-refractivity contribution in [1.82, 2.24) is 4.98 Å². The van der Waals surface area contributed by atoms with Gasteiger partial charge in [-0.3, -0.25) is 4.72 Å². The highest BCUT2D eigenvalue weighted by atomic mass is 32.2. The zero-order chi connectivity index (χ0) is 19.6. The van der Waals surface area contributed by atoms with Crippen molar-refractivity contribution < 1.29 is 34.7 Å². The average molecular weight is 411 g/mol. The standard InChI is InChI=1S/C13H12F3N3O5S2/c14-13(15,16)8-24-12-5-4-9(7-18-12)19-26(22,23)11-3-1-2-10(6-11)25(17,20)21/h1-7,19H,8H2,(H2,17,20,21). The van der Waals surface area contributed by atoms with Crippen molar-refractivity contribution in [2.24, 2.45) is 5.14 Å². The Morgan fingerprint density at radius 1 is 1.08 bits per heavy atom. The lowest BCUT2D eigenvalue weighted by atomic mass is 10.4. The van der Waals surface area contributed by atoms with Crippen LogP contribution in [0.25, 0.3) is 0 Å². The summed E-state index contributed by atoms with van der Waals surface area (Å²) in [7, 11) is -8.27. The number of sulfonamides is 2. The molecule has 0 unspecified atom stereocenters. The van der Waals surface area contributed by atoms with Crippen LogP contribution in [0.3, 0.4) is 0 Å². The summed E-state index contributed by atoms with van der Waals surface area (Å²) < 4.78 is 89.8. The van der Waals surface area contributed by atoms with Gasteiger partial charge in [-0.2, -0.15) is 13.2 Å². The predicted molar refractivity (Wildman–Crippen MR) is 84.4 cm³/mol. The lowest BCUT2D eigenvalue weighted by Gasteiger charge is -2.10. The van der Waals surface area contributed by atoms with E-state index in [1.165, 1.54) is 6.07 Å². The molecule has 0 amide bonds. The first kappa shape index (κ1) is 19.9. The van der Waals surface area contributed by atoms with Crippen LogP contribution in [0, 0.1) is 0 Å². The number of alkyl halides is 3. The molecule has 142 valence electrons. The Bertz CT molecular complexity index is 990. The molecular weight excluding hydrogens is 399 g/mol. The van der Waals surface area contributed by atoms with E-state index < -0.39 is 37.7 Å². The van der Waals surface area contributed by atoms with Crippen molar-refractivity contribution in [2.45, 2.75) is 16.0 Å². The van der Waals surface area contributed by atoms with Gasteiger partial charge < -0.3 is 4.74 Å². The summed E-state index contributed by atoms with van der Waals surface area (Å²) in [6.45, 7) is -1.54. The number of benzene rings is 1. The van der Waals surface area contributed by atoms with E-state index in [2.05, 4.69) is 14.4 Å². The maximum absolute atomic E-state index is 12.3. The van der Waals surface area contributed by atoms with E-state index in [1.807, 2.05) is 0 Å². The second-order valence-electron chi connectivity index (χ2n) is 4.91. The van der Waals surface area contributed by atoms with E-state index in [0.717, 1.165) is 36.5 Å². The molecule has 1 aromatic heterocycles. The van der Waals surface area contributed by atoms with Gasteiger partial charge in [0.25, 0.3) is 10.0 Å². The highest BCUT2D eigenvalue weighted by Crippen LogP contribution is 2.21. The van der Waals surface area contributed by atoms with Gasteiger partial charge in [-0.25, -0.2) is 27.0 Å². The van der Waals surface area contributed by atoms with Crippen LogP contribution in [0.4, 0.5) is 18.9 Å². The van der Waals surface area contributed by atoms with Crippen LogP contribution in [-0.2, 0) is 20.0 Å². The van der Waals surface area contributed by atoms with Gasteiger partial charge in [0.05, 0.1) is 21.7 Å². The Balaban J connectivity index is 2.17. The van der Waals surface area contributed by atoms with E-state index in [4.69, 9.17) is 5.14 Å². The molecule has 0 aliphatic rings. The summed E-state index contributed by atoms with van der Waals surface area (Å²) >= 11 is 0.